The lowest BCUT2D eigenvalue weighted by molar-refractivity contribution is -0.144. The lowest BCUT2D eigenvalue weighted by atomic mass is 9.73. The molecule has 40 heavy (non-hydrogen) atoms. The van der Waals surface area contributed by atoms with Crippen LogP contribution < -0.4 is 15.0 Å². The van der Waals surface area contributed by atoms with Crippen LogP contribution in [0.3, 0.4) is 0 Å². The number of alkyl halides is 1. The Bertz CT molecular complexity index is 1320. The summed E-state index contributed by atoms with van der Waals surface area (Å²) < 4.78 is 64.4. The maximum Gasteiger partial charge on any atom is 0.249 e. The summed E-state index contributed by atoms with van der Waals surface area (Å²) in [5, 5.41) is 21.2. The number of piperidine rings is 1. The van der Waals surface area contributed by atoms with E-state index < -0.39 is 41.6 Å². The number of pyridine rings is 1. The van der Waals surface area contributed by atoms with E-state index in [9.17, 15) is 32.7 Å². The number of carbonyl (C=O) groups is 1. The number of hydrogen-bond acceptors (Lipinski definition) is 7. The Balaban J connectivity index is 1.41. The van der Waals surface area contributed by atoms with Crippen molar-refractivity contribution in [3.05, 3.63) is 65.1 Å². The second-order valence-corrected chi connectivity index (χ2v) is 9.88. The maximum atomic E-state index is 13.9. The van der Waals surface area contributed by atoms with Crippen LogP contribution in [0.15, 0.2) is 36.5 Å². The monoisotopic (exact) mass is 565 g/mol. The molecule has 2 aromatic carbocycles. The second-order valence-electron chi connectivity index (χ2n) is 9.88. The first kappa shape index (κ1) is 29.5. The largest absolute Gasteiger partial charge is 0.497 e. The van der Waals surface area contributed by atoms with E-state index in [4.69, 9.17) is 9.47 Å². The van der Waals surface area contributed by atoms with Gasteiger partial charge in [-0.05, 0) is 62.5 Å². The number of nitrogens with zero attached hydrogens (tertiary/aromatic N) is 2. The molecule has 1 fully saturated rings. The standard InChI is InChI=1S/C28H31F4N3O5/c1-39-18-2-3-23-20(12-18)25(17(15-29)16-33-23)24(36)4-5-28(27(37)34-38)6-8-35(9-7-28)10-11-40-19-13-21(30)26(32)22(31)14-19/h2-3,12-14,16,24,36,38H,4-11,15H2,1H3,(H,34,37)/t24-/m1/s1. The Morgan fingerprint density at radius 2 is 1.85 bits per heavy atom. The molecule has 4 rings (SSSR count). The molecular formula is C28H31F4N3O5. The fraction of sp³-hybridized carbons (Fsp3) is 0.429. The summed E-state index contributed by atoms with van der Waals surface area (Å²) in [6, 6.07) is 6.66. The van der Waals surface area contributed by atoms with Crippen molar-refractivity contribution in [1.29, 1.82) is 0 Å². The van der Waals surface area contributed by atoms with E-state index in [-0.39, 0.29) is 30.8 Å². The molecule has 216 valence electrons. The SMILES string of the molecule is COc1ccc2ncc(CF)c([C@H](O)CCC3(C(=O)NO)CCN(CCOc4cc(F)c(F)c(F)c4)CC3)c2c1. The third-order valence-electron chi connectivity index (χ3n) is 7.60. The number of nitrogens with one attached hydrogen (secondary N) is 1. The van der Waals surface area contributed by atoms with Gasteiger partial charge in [0.1, 0.15) is 24.8 Å². The van der Waals surface area contributed by atoms with Crippen LogP contribution in [0.25, 0.3) is 10.9 Å². The minimum absolute atomic E-state index is 0.0764. The second kappa shape index (κ2) is 12.8. The Morgan fingerprint density at radius 3 is 2.48 bits per heavy atom. The van der Waals surface area contributed by atoms with Crippen molar-refractivity contribution < 1.29 is 42.1 Å². The van der Waals surface area contributed by atoms with Crippen molar-refractivity contribution in [3.63, 3.8) is 0 Å². The highest BCUT2D eigenvalue weighted by molar-refractivity contribution is 5.85. The molecule has 0 unspecified atom stereocenters. The predicted molar refractivity (Wildman–Crippen MR) is 137 cm³/mol. The minimum atomic E-state index is -1.57. The van der Waals surface area contributed by atoms with E-state index in [2.05, 4.69) is 4.98 Å². The van der Waals surface area contributed by atoms with Gasteiger partial charge in [0.2, 0.25) is 5.91 Å². The molecular weight excluding hydrogens is 534 g/mol. The van der Waals surface area contributed by atoms with Gasteiger partial charge in [0, 0.05) is 35.8 Å². The highest BCUT2D eigenvalue weighted by Crippen LogP contribution is 2.40. The first-order valence-electron chi connectivity index (χ1n) is 12.8. The van der Waals surface area contributed by atoms with Gasteiger partial charge < -0.3 is 14.6 Å². The number of hydroxylamine groups is 1. The van der Waals surface area contributed by atoms with Crippen LogP contribution in [-0.4, -0.2) is 59.5 Å². The predicted octanol–water partition coefficient (Wildman–Crippen LogP) is 4.61. The van der Waals surface area contributed by atoms with Crippen LogP contribution in [0, 0.1) is 22.9 Å². The molecule has 12 heteroatoms. The summed E-state index contributed by atoms with van der Waals surface area (Å²) in [7, 11) is 1.50. The molecule has 0 radical (unpaired) electrons. The van der Waals surface area contributed by atoms with Gasteiger partial charge in [-0.1, -0.05) is 0 Å². The molecule has 1 aliphatic rings. The zero-order valence-electron chi connectivity index (χ0n) is 21.9. The first-order valence-corrected chi connectivity index (χ1v) is 12.8. The summed E-state index contributed by atoms with van der Waals surface area (Å²) in [5.41, 5.74) is 1.96. The molecule has 0 saturated carbocycles. The number of likely N-dealkylation sites (tertiary alicyclic amines) is 1. The van der Waals surface area contributed by atoms with Gasteiger partial charge in [0.05, 0.1) is 24.1 Å². The molecule has 8 nitrogen and oxygen atoms in total. The number of aliphatic hydroxyl groups is 1. The molecule has 0 bridgehead atoms. The van der Waals surface area contributed by atoms with Crippen molar-refractivity contribution in [1.82, 2.24) is 15.4 Å². The zero-order chi connectivity index (χ0) is 28.9. The number of aromatic nitrogens is 1. The van der Waals surface area contributed by atoms with Crippen LogP contribution in [0.4, 0.5) is 17.6 Å². The van der Waals surface area contributed by atoms with Crippen molar-refractivity contribution in [2.75, 3.05) is 33.4 Å². The molecule has 1 amide bonds. The quantitative estimate of drug-likeness (QED) is 0.135. The van der Waals surface area contributed by atoms with E-state index in [1.807, 2.05) is 4.90 Å². The highest BCUT2D eigenvalue weighted by atomic mass is 19.2. The Hall–Kier alpha value is -3.48. The average Bonchev–Trinajstić information content (AvgIpc) is 2.97. The third kappa shape index (κ3) is 6.29. The van der Waals surface area contributed by atoms with Crippen LogP contribution in [0.5, 0.6) is 11.5 Å². The number of aliphatic hydroxyl groups excluding tert-OH is 1. The van der Waals surface area contributed by atoms with Gasteiger partial charge in [0.15, 0.2) is 17.5 Å². The number of rotatable bonds is 11. The molecule has 0 aliphatic carbocycles. The molecule has 3 N–H and O–H groups in total. The topological polar surface area (TPSA) is 104 Å². The van der Waals surface area contributed by atoms with Crippen LogP contribution >= 0.6 is 0 Å². The maximum absolute atomic E-state index is 13.9. The summed E-state index contributed by atoms with van der Waals surface area (Å²) >= 11 is 0. The number of amides is 1. The Kier molecular flexibility index (Phi) is 9.44. The lowest BCUT2D eigenvalue weighted by Crippen LogP contribution is -2.49. The molecule has 1 saturated heterocycles. The van der Waals surface area contributed by atoms with Crippen molar-refractivity contribution >= 4 is 16.8 Å². The van der Waals surface area contributed by atoms with E-state index >= 15 is 0 Å². The summed E-state index contributed by atoms with van der Waals surface area (Å²) in [6.45, 7) is 0.523. The average molecular weight is 566 g/mol. The van der Waals surface area contributed by atoms with E-state index in [0.717, 1.165) is 12.1 Å². The van der Waals surface area contributed by atoms with Crippen molar-refractivity contribution in [3.8, 4) is 11.5 Å². The van der Waals surface area contributed by atoms with Crippen LogP contribution in [0.1, 0.15) is 42.9 Å². The molecule has 0 spiro atoms. The Labute approximate surface area is 228 Å². The van der Waals surface area contributed by atoms with Gasteiger partial charge in [-0.3, -0.25) is 19.9 Å². The molecule has 1 aliphatic heterocycles. The summed E-state index contributed by atoms with van der Waals surface area (Å²) in [6.07, 6.45) is 1.34. The number of halogens is 4. The van der Waals surface area contributed by atoms with Crippen LogP contribution in [0.2, 0.25) is 0 Å². The number of methoxy groups -OCH3 is 1. The van der Waals surface area contributed by atoms with E-state index in [1.54, 1.807) is 23.7 Å². The van der Waals surface area contributed by atoms with Crippen molar-refractivity contribution in [2.24, 2.45) is 5.41 Å². The lowest BCUT2D eigenvalue weighted by Gasteiger charge is -2.40. The fourth-order valence-electron chi connectivity index (χ4n) is 5.24. The van der Waals surface area contributed by atoms with E-state index in [0.29, 0.717) is 54.7 Å². The molecule has 2 heterocycles. The fourth-order valence-corrected chi connectivity index (χ4v) is 5.24. The van der Waals surface area contributed by atoms with Gasteiger partial charge in [-0.2, -0.15) is 0 Å². The first-order chi connectivity index (χ1) is 19.2. The van der Waals surface area contributed by atoms with Crippen molar-refractivity contribution in [2.45, 2.75) is 38.5 Å². The Morgan fingerprint density at radius 1 is 1.15 bits per heavy atom. The molecule has 3 aromatic rings. The van der Waals surface area contributed by atoms with Gasteiger partial charge in [-0.15, -0.1) is 0 Å². The minimum Gasteiger partial charge on any atom is -0.497 e. The zero-order valence-corrected chi connectivity index (χ0v) is 21.9. The summed E-state index contributed by atoms with van der Waals surface area (Å²) in [5.74, 6) is -4.42. The van der Waals surface area contributed by atoms with Gasteiger partial charge in [0.25, 0.3) is 0 Å². The van der Waals surface area contributed by atoms with Crippen LogP contribution in [-0.2, 0) is 11.5 Å². The number of ether oxygens (including phenoxy) is 2. The van der Waals surface area contributed by atoms with Gasteiger partial charge >= 0.3 is 0 Å². The molecule has 1 atom stereocenters. The normalized spacial score (nSPS) is 16.1. The summed E-state index contributed by atoms with van der Waals surface area (Å²) in [4.78, 5) is 19.0. The molecule has 1 aromatic heterocycles. The number of carbonyl (C=O) groups excluding carboxylic acids is 1. The van der Waals surface area contributed by atoms with E-state index in [1.165, 1.54) is 13.3 Å². The highest BCUT2D eigenvalue weighted by Gasteiger charge is 2.41. The van der Waals surface area contributed by atoms with Gasteiger partial charge in [-0.25, -0.2) is 23.0 Å². The number of fused-ring (bicyclic) bond motifs is 1. The smallest absolute Gasteiger partial charge is 0.249 e. The number of hydrogen-bond donors (Lipinski definition) is 3. The third-order valence-corrected chi connectivity index (χ3v) is 7.60. The number of benzene rings is 2.